The molecule has 1 N–H and O–H groups in total. The minimum absolute atomic E-state index is 0.124. The van der Waals surface area contributed by atoms with Crippen LogP contribution in [0.5, 0.6) is 0 Å². The maximum Gasteiger partial charge on any atom is 0.118 e. The van der Waals surface area contributed by atoms with Gasteiger partial charge in [-0.25, -0.2) is 0 Å². The van der Waals surface area contributed by atoms with Gasteiger partial charge in [-0.05, 0) is 59.1 Å². The van der Waals surface area contributed by atoms with E-state index < -0.39 is 0 Å². The lowest BCUT2D eigenvalue weighted by Crippen LogP contribution is -2.34. The Kier molecular flexibility index (Phi) is 5.15. The summed E-state index contributed by atoms with van der Waals surface area (Å²) < 4.78 is 5.93. The minimum atomic E-state index is 0.124. The predicted octanol–water partition coefficient (Wildman–Crippen LogP) is 4.10. The van der Waals surface area contributed by atoms with Crippen LogP contribution < -0.4 is 5.32 Å². The smallest absolute Gasteiger partial charge is 0.118 e. The van der Waals surface area contributed by atoms with Gasteiger partial charge in [0.2, 0.25) is 0 Å². The van der Waals surface area contributed by atoms with Crippen LogP contribution in [0, 0.1) is 12.8 Å². The van der Waals surface area contributed by atoms with Crippen LogP contribution in [0.2, 0.25) is 0 Å². The molecular formula is C18H32N2O. The molecule has 1 aromatic rings. The first-order valence-corrected chi connectivity index (χ1v) is 8.33. The minimum Gasteiger partial charge on any atom is -0.465 e. The Morgan fingerprint density at radius 1 is 1.38 bits per heavy atom. The number of likely N-dealkylation sites (tertiary alicyclic amines) is 1. The molecule has 0 aromatic carbocycles. The SMILES string of the molecule is Cc1oc(CNC(C)(C)C)cc1CN1CCCC1C(C)C. The van der Waals surface area contributed by atoms with E-state index in [9.17, 15) is 0 Å². The van der Waals surface area contributed by atoms with Crippen LogP contribution in [0.1, 0.15) is 64.5 Å². The zero-order chi connectivity index (χ0) is 15.6. The van der Waals surface area contributed by atoms with Gasteiger partial charge in [0.1, 0.15) is 11.5 Å². The van der Waals surface area contributed by atoms with Crippen molar-refractivity contribution in [2.24, 2.45) is 5.92 Å². The lowest BCUT2D eigenvalue weighted by molar-refractivity contribution is 0.198. The van der Waals surface area contributed by atoms with Gasteiger partial charge in [0.05, 0.1) is 6.54 Å². The van der Waals surface area contributed by atoms with Crippen molar-refractivity contribution in [3.63, 3.8) is 0 Å². The van der Waals surface area contributed by atoms with E-state index in [1.54, 1.807) is 0 Å². The Morgan fingerprint density at radius 3 is 2.71 bits per heavy atom. The summed E-state index contributed by atoms with van der Waals surface area (Å²) in [5.74, 6) is 2.87. The maximum absolute atomic E-state index is 5.93. The first-order chi connectivity index (χ1) is 9.76. The first-order valence-electron chi connectivity index (χ1n) is 8.33. The molecule has 0 radical (unpaired) electrons. The summed E-state index contributed by atoms with van der Waals surface area (Å²) in [5, 5.41) is 3.49. The van der Waals surface area contributed by atoms with Crippen LogP contribution in [0.4, 0.5) is 0 Å². The molecule has 2 heterocycles. The van der Waals surface area contributed by atoms with Crippen LogP contribution in [0.15, 0.2) is 10.5 Å². The van der Waals surface area contributed by atoms with E-state index in [0.29, 0.717) is 0 Å². The fourth-order valence-corrected chi connectivity index (χ4v) is 3.21. The van der Waals surface area contributed by atoms with E-state index in [1.807, 2.05) is 0 Å². The molecule has 1 aromatic heterocycles. The molecule has 1 atom stereocenters. The third-order valence-corrected chi connectivity index (χ3v) is 4.42. The Balaban J connectivity index is 1.99. The molecule has 0 amide bonds. The topological polar surface area (TPSA) is 28.4 Å². The van der Waals surface area contributed by atoms with E-state index in [1.165, 1.54) is 24.9 Å². The molecule has 1 saturated heterocycles. The summed E-state index contributed by atoms with van der Waals surface area (Å²) in [6, 6.07) is 2.97. The van der Waals surface area contributed by atoms with Gasteiger partial charge in [0, 0.05) is 23.7 Å². The maximum atomic E-state index is 5.93. The normalized spacial score (nSPS) is 20.6. The van der Waals surface area contributed by atoms with Crippen molar-refractivity contribution in [1.29, 1.82) is 0 Å². The highest BCUT2D eigenvalue weighted by molar-refractivity contribution is 5.21. The fraction of sp³-hybridized carbons (Fsp3) is 0.778. The van der Waals surface area contributed by atoms with Crippen molar-refractivity contribution in [1.82, 2.24) is 10.2 Å². The van der Waals surface area contributed by atoms with Crippen molar-refractivity contribution in [3.05, 3.63) is 23.2 Å². The number of furan rings is 1. The number of nitrogens with one attached hydrogen (secondary N) is 1. The van der Waals surface area contributed by atoms with Crippen molar-refractivity contribution in [2.45, 2.75) is 79.1 Å². The number of rotatable bonds is 5. The quantitative estimate of drug-likeness (QED) is 0.886. The molecule has 0 saturated carbocycles. The second kappa shape index (κ2) is 6.53. The summed E-state index contributed by atoms with van der Waals surface area (Å²) in [4.78, 5) is 2.63. The summed E-state index contributed by atoms with van der Waals surface area (Å²) in [6.45, 7) is 16.4. The second-order valence-electron chi connectivity index (χ2n) is 7.82. The summed E-state index contributed by atoms with van der Waals surface area (Å²) in [5.41, 5.74) is 1.48. The molecule has 1 aliphatic rings. The Bertz CT molecular complexity index is 456. The van der Waals surface area contributed by atoms with Crippen LogP contribution in [0.25, 0.3) is 0 Å². The summed E-state index contributed by atoms with van der Waals surface area (Å²) >= 11 is 0. The molecule has 3 nitrogen and oxygen atoms in total. The highest BCUT2D eigenvalue weighted by atomic mass is 16.3. The van der Waals surface area contributed by atoms with Crippen LogP contribution in [-0.4, -0.2) is 23.0 Å². The predicted molar refractivity (Wildman–Crippen MR) is 88.3 cm³/mol. The molecule has 0 bridgehead atoms. The van der Waals surface area contributed by atoms with Gasteiger partial charge in [-0.1, -0.05) is 13.8 Å². The third kappa shape index (κ3) is 4.58. The summed E-state index contributed by atoms with van der Waals surface area (Å²) in [7, 11) is 0. The van der Waals surface area contributed by atoms with E-state index in [0.717, 1.165) is 36.6 Å². The molecule has 1 aliphatic heterocycles. The second-order valence-corrected chi connectivity index (χ2v) is 7.82. The molecule has 21 heavy (non-hydrogen) atoms. The molecule has 0 aliphatic carbocycles. The number of hydrogen-bond donors (Lipinski definition) is 1. The van der Waals surface area contributed by atoms with Crippen LogP contribution in [-0.2, 0) is 13.1 Å². The highest BCUT2D eigenvalue weighted by Crippen LogP contribution is 2.27. The van der Waals surface area contributed by atoms with Crippen molar-refractivity contribution in [3.8, 4) is 0 Å². The highest BCUT2D eigenvalue weighted by Gasteiger charge is 2.27. The lowest BCUT2D eigenvalue weighted by Gasteiger charge is -2.27. The zero-order valence-electron chi connectivity index (χ0n) is 14.6. The summed E-state index contributed by atoms with van der Waals surface area (Å²) in [6.07, 6.45) is 2.67. The monoisotopic (exact) mass is 292 g/mol. The van der Waals surface area contributed by atoms with Crippen molar-refractivity contribution >= 4 is 0 Å². The Morgan fingerprint density at radius 2 is 2.10 bits per heavy atom. The molecule has 2 rings (SSSR count). The van der Waals surface area contributed by atoms with Gasteiger partial charge < -0.3 is 9.73 Å². The first kappa shape index (κ1) is 16.6. The molecule has 0 spiro atoms. The molecule has 3 heteroatoms. The molecule has 1 unspecified atom stereocenters. The fourth-order valence-electron chi connectivity index (χ4n) is 3.21. The zero-order valence-corrected chi connectivity index (χ0v) is 14.6. The van der Waals surface area contributed by atoms with E-state index in [2.05, 4.69) is 57.8 Å². The Labute approximate surface area is 130 Å². The lowest BCUT2D eigenvalue weighted by atomic mass is 10.0. The van der Waals surface area contributed by atoms with Gasteiger partial charge in [0.25, 0.3) is 0 Å². The van der Waals surface area contributed by atoms with Gasteiger partial charge in [0.15, 0.2) is 0 Å². The number of nitrogens with zero attached hydrogens (tertiary/aromatic N) is 1. The van der Waals surface area contributed by atoms with E-state index in [-0.39, 0.29) is 5.54 Å². The van der Waals surface area contributed by atoms with Gasteiger partial charge >= 0.3 is 0 Å². The number of aryl methyl sites for hydroxylation is 1. The van der Waals surface area contributed by atoms with Gasteiger partial charge in [-0.2, -0.15) is 0 Å². The van der Waals surface area contributed by atoms with Crippen LogP contribution >= 0.6 is 0 Å². The molecule has 120 valence electrons. The third-order valence-electron chi connectivity index (χ3n) is 4.42. The largest absolute Gasteiger partial charge is 0.465 e. The average Bonchev–Trinajstić information content (AvgIpc) is 2.94. The van der Waals surface area contributed by atoms with E-state index in [4.69, 9.17) is 4.42 Å². The molecule has 1 fully saturated rings. The number of hydrogen-bond acceptors (Lipinski definition) is 3. The van der Waals surface area contributed by atoms with E-state index >= 15 is 0 Å². The van der Waals surface area contributed by atoms with Gasteiger partial charge in [-0.3, -0.25) is 4.90 Å². The van der Waals surface area contributed by atoms with Gasteiger partial charge in [-0.15, -0.1) is 0 Å². The van der Waals surface area contributed by atoms with Crippen LogP contribution in [0.3, 0.4) is 0 Å². The average molecular weight is 292 g/mol. The van der Waals surface area contributed by atoms with Crippen molar-refractivity contribution < 1.29 is 4.42 Å². The van der Waals surface area contributed by atoms with Crippen molar-refractivity contribution in [2.75, 3.05) is 6.54 Å². The Hall–Kier alpha value is -0.800. The standard InChI is InChI=1S/C18H32N2O/c1-13(2)17-8-7-9-20(17)12-15-10-16(21-14(15)3)11-19-18(4,5)6/h10,13,17,19H,7-9,11-12H2,1-6H3. The molecular weight excluding hydrogens is 260 g/mol.